The van der Waals surface area contributed by atoms with Crippen LogP contribution in [0.5, 0.6) is 0 Å². The first kappa shape index (κ1) is 21.1. The van der Waals surface area contributed by atoms with E-state index >= 15 is 0 Å². The lowest BCUT2D eigenvalue weighted by atomic mass is 9.79. The fourth-order valence-corrected chi connectivity index (χ4v) is 5.79. The maximum Gasteiger partial charge on any atom is 0.269 e. The van der Waals surface area contributed by atoms with Crippen LogP contribution in [0.1, 0.15) is 36.8 Å². The van der Waals surface area contributed by atoms with Crippen molar-refractivity contribution in [2.45, 2.75) is 43.9 Å². The van der Waals surface area contributed by atoms with E-state index in [4.69, 9.17) is 0 Å². The van der Waals surface area contributed by atoms with Crippen LogP contribution in [0.2, 0.25) is 0 Å². The van der Waals surface area contributed by atoms with Crippen molar-refractivity contribution in [2.75, 3.05) is 13.1 Å². The Morgan fingerprint density at radius 1 is 1.06 bits per heavy atom. The molecule has 0 aromatic heterocycles. The number of hydrogen-bond donors (Lipinski definition) is 2. The van der Waals surface area contributed by atoms with Crippen molar-refractivity contribution < 1.29 is 14.8 Å². The number of aliphatic hydroxyl groups is 1. The number of carbonyl (C=O) groups excluding carboxylic acids is 1. The van der Waals surface area contributed by atoms with Gasteiger partial charge in [-0.2, -0.15) is 0 Å². The van der Waals surface area contributed by atoms with Gasteiger partial charge in [-0.15, -0.1) is 0 Å². The Kier molecular flexibility index (Phi) is 5.47. The standard InChI is InChI=1S/C25H29N3O4/c29-24(25(30,19-8-4-5-9-19)18-6-2-1-3-7-18)26-23-21-15-27(16-22(21)23)14-17-10-12-20(13-11-17)28(31)32/h1-3,6-7,10-13,19,21-23,30H,4-5,8-9,14-16H2,(H,26,29). The zero-order chi connectivity index (χ0) is 22.3. The molecule has 2 aliphatic carbocycles. The summed E-state index contributed by atoms with van der Waals surface area (Å²) in [6.07, 6.45) is 3.86. The van der Waals surface area contributed by atoms with Crippen molar-refractivity contribution in [3.8, 4) is 0 Å². The first-order chi connectivity index (χ1) is 15.5. The predicted molar refractivity (Wildman–Crippen MR) is 120 cm³/mol. The summed E-state index contributed by atoms with van der Waals surface area (Å²) >= 11 is 0. The number of amides is 1. The number of piperidine rings is 1. The molecule has 0 spiro atoms. The summed E-state index contributed by atoms with van der Waals surface area (Å²) in [6.45, 7) is 2.53. The van der Waals surface area contributed by atoms with E-state index in [0.717, 1.165) is 50.9 Å². The molecule has 2 aromatic carbocycles. The van der Waals surface area contributed by atoms with Crippen LogP contribution in [0.4, 0.5) is 5.69 Å². The van der Waals surface area contributed by atoms with Crippen molar-refractivity contribution in [1.29, 1.82) is 0 Å². The quantitative estimate of drug-likeness (QED) is 0.514. The van der Waals surface area contributed by atoms with E-state index < -0.39 is 5.60 Å². The van der Waals surface area contributed by atoms with Gasteiger partial charge in [-0.3, -0.25) is 19.8 Å². The highest BCUT2D eigenvalue weighted by molar-refractivity contribution is 5.87. The SMILES string of the molecule is O=C(NC1C2CN(Cc3ccc([N+](=O)[O-])cc3)CC21)C(O)(c1ccccc1)C1CCCC1. The predicted octanol–water partition coefficient (Wildman–Crippen LogP) is 3.22. The van der Waals surface area contributed by atoms with E-state index in [1.807, 2.05) is 42.5 Å². The van der Waals surface area contributed by atoms with Gasteiger partial charge in [0.15, 0.2) is 5.60 Å². The lowest BCUT2D eigenvalue weighted by Gasteiger charge is -2.33. The van der Waals surface area contributed by atoms with Gasteiger partial charge in [0.25, 0.3) is 11.6 Å². The molecule has 7 heteroatoms. The summed E-state index contributed by atoms with van der Waals surface area (Å²) in [4.78, 5) is 26.1. The third-order valence-electron chi connectivity index (χ3n) is 7.63. The molecule has 0 radical (unpaired) electrons. The fourth-order valence-electron chi connectivity index (χ4n) is 5.79. The molecule has 1 amide bonds. The molecule has 2 N–H and O–H groups in total. The van der Waals surface area contributed by atoms with E-state index in [-0.39, 0.29) is 28.5 Å². The summed E-state index contributed by atoms with van der Waals surface area (Å²) in [5.74, 6) is 0.514. The minimum Gasteiger partial charge on any atom is -0.375 e. The number of hydrogen-bond acceptors (Lipinski definition) is 5. The lowest BCUT2D eigenvalue weighted by molar-refractivity contribution is -0.384. The molecule has 1 aliphatic heterocycles. The maximum absolute atomic E-state index is 13.4. The van der Waals surface area contributed by atoms with Gasteiger partial charge in [0.2, 0.25) is 0 Å². The molecule has 3 atom stereocenters. The number of nitro benzene ring substituents is 1. The van der Waals surface area contributed by atoms with Crippen molar-refractivity contribution in [3.63, 3.8) is 0 Å². The Hall–Kier alpha value is -2.77. The number of nitro groups is 1. The third kappa shape index (κ3) is 3.80. The molecular formula is C25H29N3O4. The molecule has 0 bridgehead atoms. The molecule has 1 saturated heterocycles. The number of carbonyl (C=O) groups is 1. The molecule has 2 aromatic rings. The summed E-state index contributed by atoms with van der Waals surface area (Å²) in [5.41, 5.74) is 0.383. The fraction of sp³-hybridized carbons (Fsp3) is 0.480. The normalized spacial score (nSPS) is 27.0. The summed E-state index contributed by atoms with van der Waals surface area (Å²) in [5, 5.41) is 25.6. The number of non-ortho nitro benzene ring substituents is 1. The van der Waals surface area contributed by atoms with Crippen LogP contribution in [0.3, 0.4) is 0 Å². The van der Waals surface area contributed by atoms with Crippen LogP contribution >= 0.6 is 0 Å². The first-order valence-corrected chi connectivity index (χ1v) is 11.5. The first-order valence-electron chi connectivity index (χ1n) is 11.5. The lowest BCUT2D eigenvalue weighted by Crippen LogP contribution is -2.50. The minimum atomic E-state index is -1.47. The Morgan fingerprint density at radius 3 is 2.28 bits per heavy atom. The largest absolute Gasteiger partial charge is 0.375 e. The second kappa shape index (κ2) is 8.30. The number of benzene rings is 2. The minimum absolute atomic E-state index is 0.0397. The molecule has 3 aliphatic rings. The topological polar surface area (TPSA) is 95.7 Å². The van der Waals surface area contributed by atoms with E-state index in [2.05, 4.69) is 10.2 Å². The van der Waals surface area contributed by atoms with Crippen molar-refractivity contribution in [3.05, 3.63) is 75.8 Å². The Morgan fingerprint density at radius 2 is 1.69 bits per heavy atom. The van der Waals surface area contributed by atoms with Crippen LogP contribution in [-0.2, 0) is 16.9 Å². The van der Waals surface area contributed by atoms with Gasteiger partial charge in [0, 0.05) is 43.7 Å². The van der Waals surface area contributed by atoms with E-state index in [9.17, 15) is 20.0 Å². The molecule has 32 heavy (non-hydrogen) atoms. The number of nitrogens with one attached hydrogen (secondary N) is 1. The van der Waals surface area contributed by atoms with Crippen molar-refractivity contribution >= 4 is 11.6 Å². The Labute approximate surface area is 187 Å². The summed E-state index contributed by atoms with van der Waals surface area (Å²) in [6, 6.07) is 16.2. The number of likely N-dealkylation sites (tertiary alicyclic amines) is 1. The highest BCUT2D eigenvalue weighted by Crippen LogP contribution is 2.47. The average molecular weight is 436 g/mol. The maximum atomic E-state index is 13.4. The molecule has 1 heterocycles. The highest BCUT2D eigenvalue weighted by atomic mass is 16.6. The van der Waals surface area contributed by atoms with Crippen molar-refractivity contribution in [2.24, 2.45) is 17.8 Å². The van der Waals surface area contributed by atoms with E-state index in [1.165, 1.54) is 0 Å². The van der Waals surface area contributed by atoms with Crippen LogP contribution < -0.4 is 5.32 Å². The molecule has 2 saturated carbocycles. The van der Waals surface area contributed by atoms with Gasteiger partial charge in [-0.25, -0.2) is 0 Å². The molecule has 3 fully saturated rings. The van der Waals surface area contributed by atoms with Gasteiger partial charge < -0.3 is 10.4 Å². The van der Waals surface area contributed by atoms with Crippen LogP contribution in [0, 0.1) is 27.9 Å². The second-order valence-corrected chi connectivity index (χ2v) is 9.56. The van der Waals surface area contributed by atoms with E-state index in [1.54, 1.807) is 12.1 Å². The summed E-state index contributed by atoms with van der Waals surface area (Å²) < 4.78 is 0. The monoisotopic (exact) mass is 435 g/mol. The van der Waals surface area contributed by atoms with Gasteiger partial charge in [0.1, 0.15) is 0 Å². The molecule has 3 unspecified atom stereocenters. The van der Waals surface area contributed by atoms with Crippen LogP contribution in [-0.4, -0.2) is 40.0 Å². The van der Waals surface area contributed by atoms with E-state index in [0.29, 0.717) is 17.4 Å². The van der Waals surface area contributed by atoms with Gasteiger partial charge in [-0.1, -0.05) is 55.3 Å². The zero-order valence-corrected chi connectivity index (χ0v) is 18.0. The number of nitrogens with zero attached hydrogens (tertiary/aromatic N) is 2. The molecule has 7 nitrogen and oxygen atoms in total. The summed E-state index contributed by atoms with van der Waals surface area (Å²) in [7, 11) is 0. The number of rotatable bonds is 7. The third-order valence-corrected chi connectivity index (χ3v) is 7.63. The van der Waals surface area contributed by atoms with Crippen LogP contribution in [0.15, 0.2) is 54.6 Å². The smallest absolute Gasteiger partial charge is 0.269 e. The second-order valence-electron chi connectivity index (χ2n) is 9.56. The van der Waals surface area contributed by atoms with Gasteiger partial charge >= 0.3 is 0 Å². The van der Waals surface area contributed by atoms with Gasteiger partial charge in [0.05, 0.1) is 4.92 Å². The van der Waals surface area contributed by atoms with Crippen LogP contribution in [0.25, 0.3) is 0 Å². The Bertz CT molecular complexity index is 978. The number of fused-ring (bicyclic) bond motifs is 1. The van der Waals surface area contributed by atoms with Crippen molar-refractivity contribution in [1.82, 2.24) is 10.2 Å². The molecule has 168 valence electrons. The van der Waals surface area contributed by atoms with Gasteiger partial charge in [-0.05, 0) is 35.8 Å². The highest BCUT2D eigenvalue weighted by Gasteiger charge is 2.58. The molecule has 5 rings (SSSR count). The Balaban J connectivity index is 1.20. The zero-order valence-electron chi connectivity index (χ0n) is 18.0. The average Bonchev–Trinajstić information content (AvgIpc) is 3.22. The molecular weight excluding hydrogens is 406 g/mol.